The molecule has 0 atom stereocenters. The lowest BCUT2D eigenvalue weighted by atomic mass is 10.0. The molecular weight excluding hydrogens is 430 g/mol. The van der Waals surface area contributed by atoms with Crippen LogP contribution in [0.5, 0.6) is 0 Å². The quantitative estimate of drug-likeness (QED) is 0.377. The van der Waals surface area contributed by atoms with Crippen LogP contribution in [0, 0.1) is 10.1 Å². The van der Waals surface area contributed by atoms with Gasteiger partial charge in [-0.15, -0.1) is 0 Å². The molecule has 0 radical (unpaired) electrons. The summed E-state index contributed by atoms with van der Waals surface area (Å²) in [6.07, 6.45) is 6.42. The minimum atomic E-state index is -0.422. The van der Waals surface area contributed by atoms with Crippen molar-refractivity contribution < 1.29 is 9.72 Å². The van der Waals surface area contributed by atoms with E-state index in [4.69, 9.17) is 5.10 Å². The number of unbranched alkanes of at least 4 members (excludes halogenated alkanes) is 1. The summed E-state index contributed by atoms with van der Waals surface area (Å²) in [7, 11) is 0. The number of nitrogens with zero attached hydrogens (tertiary/aromatic N) is 4. The monoisotopic (exact) mass is 461 g/mol. The van der Waals surface area contributed by atoms with E-state index >= 15 is 0 Å². The lowest BCUT2D eigenvalue weighted by Crippen LogP contribution is -2.45. The smallest absolute Gasteiger partial charge is 0.269 e. The fraction of sp³-hybridized carbons (Fsp3) is 0.385. The molecule has 0 saturated carbocycles. The van der Waals surface area contributed by atoms with Crippen LogP contribution in [-0.2, 0) is 11.2 Å². The number of non-ortho nitro benzene ring substituents is 1. The van der Waals surface area contributed by atoms with Crippen LogP contribution in [0.2, 0.25) is 0 Å². The number of hydrogen-bond acceptors (Lipinski definition) is 5. The number of carbonyl (C=O) groups excluding carboxylic acids is 1. The zero-order chi connectivity index (χ0) is 23.9. The van der Waals surface area contributed by atoms with Crippen LogP contribution in [0.15, 0.2) is 60.8 Å². The number of likely N-dealkylation sites (tertiary alicyclic amines) is 1. The number of piperidine rings is 1. The Hall–Kier alpha value is -3.52. The van der Waals surface area contributed by atoms with Crippen molar-refractivity contribution >= 4 is 11.6 Å². The van der Waals surface area contributed by atoms with Crippen molar-refractivity contribution in [1.29, 1.82) is 0 Å². The van der Waals surface area contributed by atoms with Crippen molar-refractivity contribution in [3.05, 3.63) is 76.5 Å². The molecule has 4 rings (SSSR count). The van der Waals surface area contributed by atoms with Gasteiger partial charge in [-0.1, -0.05) is 31.5 Å². The van der Waals surface area contributed by atoms with Gasteiger partial charge in [-0.2, -0.15) is 5.10 Å². The van der Waals surface area contributed by atoms with Gasteiger partial charge in [0.05, 0.1) is 22.7 Å². The number of nitrogens with one attached hydrogen (secondary N) is 1. The Morgan fingerprint density at radius 3 is 2.47 bits per heavy atom. The predicted molar refractivity (Wildman–Crippen MR) is 132 cm³/mol. The number of nitro benzene ring substituents is 1. The predicted octanol–water partition coefficient (Wildman–Crippen LogP) is 4.37. The summed E-state index contributed by atoms with van der Waals surface area (Å²) >= 11 is 0. The summed E-state index contributed by atoms with van der Waals surface area (Å²) in [5.74, 6) is -0.0252. The van der Waals surface area contributed by atoms with Crippen molar-refractivity contribution in [1.82, 2.24) is 20.0 Å². The van der Waals surface area contributed by atoms with Gasteiger partial charge in [0, 0.05) is 48.6 Å². The SMILES string of the molecule is CCCCN1CCC(NC(=O)Cc2cn(-c3ccccc3)nc2-c2ccc([N+](=O)[O-])cc2)CC1. The molecule has 0 spiro atoms. The number of benzene rings is 2. The number of aromatic nitrogens is 2. The second kappa shape index (κ2) is 11.1. The minimum absolute atomic E-state index is 0.0239. The maximum absolute atomic E-state index is 13.0. The van der Waals surface area contributed by atoms with Crippen LogP contribution in [-0.4, -0.2) is 51.2 Å². The highest BCUT2D eigenvalue weighted by molar-refractivity contribution is 5.81. The number of hydrogen-bond donors (Lipinski definition) is 1. The Bertz CT molecular complexity index is 1100. The summed E-state index contributed by atoms with van der Waals surface area (Å²) in [4.78, 5) is 26.0. The molecule has 1 N–H and O–H groups in total. The lowest BCUT2D eigenvalue weighted by molar-refractivity contribution is -0.384. The Morgan fingerprint density at radius 2 is 1.82 bits per heavy atom. The largest absolute Gasteiger partial charge is 0.353 e. The zero-order valence-corrected chi connectivity index (χ0v) is 19.5. The molecule has 1 aromatic heterocycles. The van der Waals surface area contributed by atoms with Gasteiger partial charge in [-0.3, -0.25) is 14.9 Å². The van der Waals surface area contributed by atoms with Crippen LogP contribution in [0.3, 0.4) is 0 Å². The molecule has 8 heteroatoms. The molecule has 8 nitrogen and oxygen atoms in total. The molecule has 2 heterocycles. The second-order valence-electron chi connectivity index (χ2n) is 8.80. The second-order valence-corrected chi connectivity index (χ2v) is 8.80. The molecule has 0 unspecified atom stereocenters. The van der Waals surface area contributed by atoms with Crippen molar-refractivity contribution in [2.45, 2.75) is 45.1 Å². The van der Waals surface area contributed by atoms with Gasteiger partial charge < -0.3 is 10.2 Å². The third kappa shape index (κ3) is 5.88. The summed E-state index contributed by atoms with van der Waals surface area (Å²) in [5.41, 5.74) is 3.10. The van der Waals surface area contributed by atoms with E-state index in [1.807, 2.05) is 36.5 Å². The molecule has 34 heavy (non-hydrogen) atoms. The first-order chi connectivity index (χ1) is 16.5. The van der Waals surface area contributed by atoms with E-state index in [9.17, 15) is 14.9 Å². The summed E-state index contributed by atoms with van der Waals surface area (Å²) in [6, 6.07) is 16.2. The molecule has 2 aromatic carbocycles. The van der Waals surface area contributed by atoms with E-state index in [1.165, 1.54) is 25.0 Å². The molecular formula is C26H31N5O3. The zero-order valence-electron chi connectivity index (χ0n) is 19.5. The van der Waals surface area contributed by atoms with Crippen LogP contribution < -0.4 is 5.32 Å². The average molecular weight is 462 g/mol. The number of rotatable bonds is 9. The standard InChI is InChI=1S/C26H31N5O3/c1-2-3-15-29-16-13-22(14-17-29)27-25(32)18-21-19-30(23-7-5-4-6-8-23)28-26(21)20-9-11-24(12-10-20)31(33)34/h4-12,19,22H,2-3,13-18H2,1H3,(H,27,32). The molecule has 0 aliphatic carbocycles. The van der Waals surface area contributed by atoms with Gasteiger partial charge in [-0.05, 0) is 50.1 Å². The van der Waals surface area contributed by atoms with E-state index in [-0.39, 0.29) is 24.1 Å². The van der Waals surface area contributed by atoms with E-state index in [2.05, 4.69) is 17.1 Å². The highest BCUT2D eigenvalue weighted by atomic mass is 16.6. The van der Waals surface area contributed by atoms with Gasteiger partial charge >= 0.3 is 0 Å². The molecule has 0 bridgehead atoms. The number of para-hydroxylation sites is 1. The topological polar surface area (TPSA) is 93.3 Å². The Balaban J connectivity index is 1.49. The lowest BCUT2D eigenvalue weighted by Gasteiger charge is -2.32. The van der Waals surface area contributed by atoms with Gasteiger partial charge in [0.1, 0.15) is 0 Å². The van der Waals surface area contributed by atoms with E-state index in [0.29, 0.717) is 5.69 Å². The summed E-state index contributed by atoms with van der Waals surface area (Å²) in [5, 5.41) is 19.0. The van der Waals surface area contributed by atoms with E-state index in [0.717, 1.165) is 49.3 Å². The first-order valence-electron chi connectivity index (χ1n) is 11.9. The van der Waals surface area contributed by atoms with E-state index in [1.54, 1.807) is 16.8 Å². The maximum Gasteiger partial charge on any atom is 0.269 e. The normalized spacial score (nSPS) is 14.7. The molecule has 1 aliphatic heterocycles. The van der Waals surface area contributed by atoms with E-state index < -0.39 is 4.92 Å². The molecule has 178 valence electrons. The molecule has 1 saturated heterocycles. The Labute approximate surface area is 199 Å². The first kappa shape index (κ1) is 23.6. The van der Waals surface area contributed by atoms with Crippen molar-refractivity contribution in [2.24, 2.45) is 0 Å². The number of amides is 1. The number of carbonyl (C=O) groups is 1. The van der Waals surface area contributed by atoms with Crippen molar-refractivity contribution in [2.75, 3.05) is 19.6 Å². The fourth-order valence-corrected chi connectivity index (χ4v) is 4.37. The minimum Gasteiger partial charge on any atom is -0.353 e. The third-order valence-electron chi connectivity index (χ3n) is 6.29. The van der Waals surface area contributed by atoms with Gasteiger partial charge in [0.15, 0.2) is 0 Å². The van der Waals surface area contributed by atoms with Crippen LogP contribution in [0.25, 0.3) is 16.9 Å². The fourth-order valence-electron chi connectivity index (χ4n) is 4.37. The van der Waals surface area contributed by atoms with Gasteiger partial charge in [0.2, 0.25) is 5.91 Å². The highest BCUT2D eigenvalue weighted by Gasteiger charge is 2.22. The Morgan fingerprint density at radius 1 is 1.12 bits per heavy atom. The number of nitro groups is 1. The summed E-state index contributed by atoms with van der Waals surface area (Å²) in [6.45, 7) is 5.38. The third-order valence-corrected chi connectivity index (χ3v) is 6.29. The Kier molecular flexibility index (Phi) is 7.69. The maximum atomic E-state index is 13.0. The first-order valence-corrected chi connectivity index (χ1v) is 11.9. The van der Waals surface area contributed by atoms with Gasteiger partial charge in [-0.25, -0.2) is 4.68 Å². The molecule has 1 aliphatic rings. The average Bonchev–Trinajstić information content (AvgIpc) is 3.27. The highest BCUT2D eigenvalue weighted by Crippen LogP contribution is 2.26. The van der Waals surface area contributed by atoms with Crippen molar-refractivity contribution in [3.8, 4) is 16.9 Å². The summed E-state index contributed by atoms with van der Waals surface area (Å²) < 4.78 is 1.76. The van der Waals surface area contributed by atoms with Crippen molar-refractivity contribution in [3.63, 3.8) is 0 Å². The van der Waals surface area contributed by atoms with Gasteiger partial charge in [0.25, 0.3) is 5.69 Å². The van der Waals surface area contributed by atoms with Crippen LogP contribution >= 0.6 is 0 Å². The molecule has 1 amide bonds. The molecule has 3 aromatic rings. The van der Waals surface area contributed by atoms with Crippen LogP contribution in [0.1, 0.15) is 38.2 Å². The van der Waals surface area contributed by atoms with Crippen LogP contribution in [0.4, 0.5) is 5.69 Å². The molecule has 1 fully saturated rings.